The molecule has 0 aliphatic heterocycles. The van der Waals surface area contributed by atoms with Crippen LogP contribution in [-0.4, -0.2) is 63.8 Å². The minimum Gasteiger partial charge on any atom is -0.495 e. The number of benzene rings is 2. The lowest BCUT2D eigenvalue weighted by Gasteiger charge is -2.21. The molecular formula is C22H26Cl3N3O4S. The van der Waals surface area contributed by atoms with Crippen molar-refractivity contribution in [2.75, 3.05) is 52.9 Å². The second kappa shape index (κ2) is 12.5. The van der Waals surface area contributed by atoms with Gasteiger partial charge >= 0.3 is 0 Å². The Balaban J connectivity index is 0.00000385. The molecule has 3 aromatic rings. The van der Waals surface area contributed by atoms with Crippen LogP contribution in [-0.2, 0) is 4.79 Å². The Kier molecular flexibility index (Phi) is 10.3. The number of aromatic nitrogens is 1. The van der Waals surface area contributed by atoms with Gasteiger partial charge in [0, 0.05) is 11.6 Å². The number of hydrogen-bond donors (Lipinski definition) is 0. The fourth-order valence-corrected chi connectivity index (χ4v) is 4.65. The Bertz CT molecular complexity index is 1050. The van der Waals surface area contributed by atoms with Crippen LogP contribution >= 0.6 is 46.9 Å². The molecule has 0 atom stereocenters. The molecule has 11 heteroatoms. The van der Waals surface area contributed by atoms with E-state index in [2.05, 4.69) is 4.90 Å². The van der Waals surface area contributed by atoms with Crippen molar-refractivity contribution < 1.29 is 19.0 Å². The third-order valence-electron chi connectivity index (χ3n) is 4.66. The van der Waals surface area contributed by atoms with Crippen LogP contribution in [0.1, 0.15) is 6.42 Å². The second-order valence-corrected chi connectivity index (χ2v) is 9.03. The number of amides is 1. The first kappa shape index (κ1) is 27.3. The van der Waals surface area contributed by atoms with Gasteiger partial charge < -0.3 is 19.1 Å². The lowest BCUT2D eigenvalue weighted by molar-refractivity contribution is -0.120. The maximum absolute atomic E-state index is 13.2. The minimum absolute atomic E-state index is 0. The van der Waals surface area contributed by atoms with Crippen molar-refractivity contribution in [3.63, 3.8) is 0 Å². The van der Waals surface area contributed by atoms with Gasteiger partial charge in [-0.1, -0.05) is 34.5 Å². The second-order valence-electron chi connectivity index (χ2n) is 7.21. The largest absolute Gasteiger partial charge is 0.495 e. The summed E-state index contributed by atoms with van der Waals surface area (Å²) in [7, 11) is 7.17. The Hall–Kier alpha value is -1.97. The zero-order chi connectivity index (χ0) is 23.3. The monoisotopic (exact) mass is 533 g/mol. The number of anilines is 1. The van der Waals surface area contributed by atoms with E-state index in [-0.39, 0.29) is 24.9 Å². The maximum atomic E-state index is 13.2. The SMILES string of the molecule is COc1ccc(OC)c2sc(N(CCCN(C)C)C(=O)COc3ccc(Cl)cc3Cl)nc12.Cl. The van der Waals surface area contributed by atoms with Crippen molar-refractivity contribution in [1.82, 2.24) is 9.88 Å². The fraction of sp³-hybridized carbons (Fsp3) is 0.364. The van der Waals surface area contributed by atoms with E-state index < -0.39 is 0 Å². The first-order chi connectivity index (χ1) is 15.3. The van der Waals surface area contributed by atoms with E-state index in [0.29, 0.717) is 44.5 Å². The van der Waals surface area contributed by atoms with E-state index in [1.54, 1.807) is 43.4 Å². The van der Waals surface area contributed by atoms with Crippen LogP contribution in [0.3, 0.4) is 0 Å². The van der Waals surface area contributed by atoms with Gasteiger partial charge in [-0.15, -0.1) is 12.4 Å². The molecule has 0 saturated carbocycles. The van der Waals surface area contributed by atoms with Crippen molar-refractivity contribution >= 4 is 68.2 Å². The highest BCUT2D eigenvalue weighted by atomic mass is 35.5. The summed E-state index contributed by atoms with van der Waals surface area (Å²) in [6, 6.07) is 8.50. The number of nitrogens with zero attached hydrogens (tertiary/aromatic N) is 3. The standard InChI is InChI=1S/C22H25Cl2N3O4S.ClH/c1-26(2)10-5-11-27(19(28)13-31-16-7-6-14(23)12-15(16)24)22-25-20-17(29-3)8-9-18(30-4)21(20)32-22;/h6-9,12H,5,10-11,13H2,1-4H3;1H. The molecular weight excluding hydrogens is 509 g/mol. The minimum atomic E-state index is -0.230. The molecule has 0 saturated heterocycles. The van der Waals surface area contributed by atoms with Crippen LogP contribution < -0.4 is 19.1 Å². The van der Waals surface area contributed by atoms with E-state index in [1.807, 2.05) is 20.2 Å². The highest BCUT2D eigenvalue weighted by Gasteiger charge is 2.23. The van der Waals surface area contributed by atoms with Crippen LogP contribution in [0, 0.1) is 0 Å². The summed E-state index contributed by atoms with van der Waals surface area (Å²) in [6.45, 7) is 1.12. The number of rotatable bonds is 10. The van der Waals surface area contributed by atoms with Crippen molar-refractivity contribution in [3.05, 3.63) is 40.4 Å². The van der Waals surface area contributed by atoms with Gasteiger partial charge in [0.1, 0.15) is 27.5 Å². The van der Waals surface area contributed by atoms with E-state index in [0.717, 1.165) is 17.7 Å². The third kappa shape index (κ3) is 6.77. The molecule has 0 bridgehead atoms. The zero-order valence-electron chi connectivity index (χ0n) is 18.8. The normalized spacial score (nSPS) is 10.8. The molecule has 0 fully saturated rings. The molecule has 0 spiro atoms. The number of fused-ring (bicyclic) bond motifs is 1. The third-order valence-corrected chi connectivity index (χ3v) is 6.29. The molecule has 7 nitrogen and oxygen atoms in total. The molecule has 0 N–H and O–H groups in total. The van der Waals surface area contributed by atoms with Gasteiger partial charge in [0.05, 0.1) is 19.2 Å². The Morgan fingerprint density at radius 3 is 2.33 bits per heavy atom. The summed E-state index contributed by atoms with van der Waals surface area (Å²) in [4.78, 5) is 21.6. The number of carbonyl (C=O) groups excluding carboxylic acids is 1. The highest BCUT2D eigenvalue weighted by Crippen LogP contribution is 2.40. The van der Waals surface area contributed by atoms with Crippen molar-refractivity contribution in [2.45, 2.75) is 6.42 Å². The van der Waals surface area contributed by atoms with Gasteiger partial charge in [-0.25, -0.2) is 4.98 Å². The van der Waals surface area contributed by atoms with Gasteiger partial charge in [-0.2, -0.15) is 0 Å². The number of methoxy groups -OCH3 is 2. The molecule has 33 heavy (non-hydrogen) atoms. The zero-order valence-corrected chi connectivity index (χ0v) is 21.9. The summed E-state index contributed by atoms with van der Waals surface area (Å²) in [6.07, 6.45) is 0.768. The summed E-state index contributed by atoms with van der Waals surface area (Å²) >= 11 is 13.5. The quantitative estimate of drug-likeness (QED) is 0.347. The summed E-state index contributed by atoms with van der Waals surface area (Å²) < 4.78 is 17.4. The molecule has 1 aromatic heterocycles. The Labute approximate surface area is 213 Å². The predicted molar refractivity (Wildman–Crippen MR) is 137 cm³/mol. The van der Waals surface area contributed by atoms with Crippen molar-refractivity contribution in [1.29, 1.82) is 0 Å². The van der Waals surface area contributed by atoms with Crippen LogP contribution in [0.2, 0.25) is 10.0 Å². The van der Waals surface area contributed by atoms with Crippen molar-refractivity contribution in [3.8, 4) is 17.2 Å². The van der Waals surface area contributed by atoms with Gasteiger partial charge in [-0.3, -0.25) is 9.69 Å². The summed E-state index contributed by atoms with van der Waals surface area (Å²) in [5.41, 5.74) is 0.652. The summed E-state index contributed by atoms with van der Waals surface area (Å²) in [5, 5.41) is 1.40. The smallest absolute Gasteiger partial charge is 0.266 e. The van der Waals surface area contributed by atoms with E-state index in [1.165, 1.54) is 11.3 Å². The lowest BCUT2D eigenvalue weighted by atomic mass is 10.3. The average Bonchev–Trinajstić information content (AvgIpc) is 3.20. The topological polar surface area (TPSA) is 64.1 Å². The predicted octanol–water partition coefficient (Wildman–Crippen LogP) is 5.41. The number of thiazole rings is 1. The maximum Gasteiger partial charge on any atom is 0.266 e. The van der Waals surface area contributed by atoms with E-state index >= 15 is 0 Å². The Morgan fingerprint density at radius 1 is 1.03 bits per heavy atom. The first-order valence-corrected chi connectivity index (χ1v) is 11.5. The van der Waals surface area contributed by atoms with Gasteiger partial charge in [0.2, 0.25) is 0 Å². The molecule has 0 unspecified atom stereocenters. The van der Waals surface area contributed by atoms with Crippen LogP contribution in [0.25, 0.3) is 10.2 Å². The molecule has 1 amide bonds. The van der Waals surface area contributed by atoms with E-state index in [4.69, 9.17) is 42.4 Å². The molecule has 2 aromatic carbocycles. The van der Waals surface area contributed by atoms with E-state index in [9.17, 15) is 4.79 Å². The van der Waals surface area contributed by atoms with Crippen LogP contribution in [0.15, 0.2) is 30.3 Å². The number of halogens is 3. The fourth-order valence-electron chi connectivity index (χ4n) is 3.07. The molecule has 3 rings (SSSR count). The van der Waals surface area contributed by atoms with Crippen LogP contribution in [0.4, 0.5) is 5.13 Å². The van der Waals surface area contributed by atoms with Gasteiger partial charge in [0.15, 0.2) is 11.7 Å². The van der Waals surface area contributed by atoms with Gasteiger partial charge in [0.25, 0.3) is 5.91 Å². The van der Waals surface area contributed by atoms with Gasteiger partial charge in [-0.05, 0) is 57.4 Å². The number of ether oxygens (including phenoxy) is 3. The summed E-state index contributed by atoms with van der Waals surface area (Å²) in [5.74, 6) is 1.46. The highest BCUT2D eigenvalue weighted by molar-refractivity contribution is 7.22. The molecule has 180 valence electrons. The average molecular weight is 535 g/mol. The molecule has 0 aliphatic carbocycles. The van der Waals surface area contributed by atoms with Crippen LogP contribution in [0.5, 0.6) is 17.2 Å². The lowest BCUT2D eigenvalue weighted by Crippen LogP contribution is -2.36. The van der Waals surface area contributed by atoms with Crippen molar-refractivity contribution in [2.24, 2.45) is 0 Å². The first-order valence-electron chi connectivity index (χ1n) is 9.88. The number of carbonyl (C=O) groups is 1. The number of hydrogen-bond acceptors (Lipinski definition) is 7. The molecule has 1 heterocycles. The molecule has 0 aliphatic rings. The Morgan fingerprint density at radius 2 is 1.70 bits per heavy atom. The molecule has 0 radical (unpaired) electrons.